The van der Waals surface area contributed by atoms with E-state index in [-0.39, 0.29) is 0 Å². The summed E-state index contributed by atoms with van der Waals surface area (Å²) in [5.41, 5.74) is 4.74. The molecule has 0 atom stereocenters. The number of aryl methyl sites for hydroxylation is 1. The Labute approximate surface area is 178 Å². The lowest BCUT2D eigenvalue weighted by molar-refractivity contribution is 0.173. The number of hydrogen-bond acceptors (Lipinski definition) is 5. The van der Waals surface area contributed by atoms with Gasteiger partial charge in [0.25, 0.3) is 0 Å². The minimum absolute atomic E-state index is 0.315. The summed E-state index contributed by atoms with van der Waals surface area (Å²) in [7, 11) is 0. The molecule has 0 fully saturated rings. The molecule has 2 N–H and O–H groups in total. The van der Waals surface area contributed by atoms with Crippen molar-refractivity contribution in [1.82, 2.24) is 10.3 Å². The number of hydrogen-bond donors (Lipinski definition) is 2. The Balaban J connectivity index is 1.25. The lowest BCUT2D eigenvalue weighted by Gasteiger charge is -2.12. The zero-order chi connectivity index (χ0) is 20.8. The highest BCUT2D eigenvalue weighted by Crippen LogP contribution is 2.35. The largest absolute Gasteiger partial charge is 0.454 e. The van der Waals surface area contributed by atoms with E-state index in [1.165, 1.54) is 17.4 Å². The van der Waals surface area contributed by atoms with Crippen LogP contribution in [0.5, 0.6) is 11.5 Å². The van der Waals surface area contributed by atoms with Gasteiger partial charge in [0.2, 0.25) is 6.79 Å². The second-order valence-electron chi connectivity index (χ2n) is 8.25. The number of nitrogens with one attached hydrogen (secondary N) is 2. The molecule has 0 unspecified atom stereocenters. The maximum Gasteiger partial charge on any atom is 0.231 e. The first-order chi connectivity index (χ1) is 14.7. The molecule has 2 heterocycles. The topological polar surface area (TPSA) is 55.4 Å². The molecule has 2 aromatic carbocycles. The van der Waals surface area contributed by atoms with E-state index in [9.17, 15) is 0 Å². The first-order valence-corrected chi connectivity index (χ1v) is 10.9. The first-order valence-electron chi connectivity index (χ1n) is 10.9. The third-order valence-corrected chi connectivity index (χ3v) is 5.46. The fourth-order valence-corrected chi connectivity index (χ4v) is 3.75. The lowest BCUT2D eigenvalue weighted by Crippen LogP contribution is -2.18. The zero-order valence-electron chi connectivity index (χ0n) is 17.9. The maximum absolute atomic E-state index is 5.56. The van der Waals surface area contributed by atoms with Crippen LogP contribution >= 0.6 is 0 Å². The van der Waals surface area contributed by atoms with Crippen LogP contribution in [0.4, 0.5) is 5.69 Å². The number of rotatable bonds is 10. The van der Waals surface area contributed by atoms with Gasteiger partial charge in [0.05, 0.1) is 5.52 Å². The summed E-state index contributed by atoms with van der Waals surface area (Å²) < 4.78 is 11.0. The monoisotopic (exact) mass is 405 g/mol. The van der Waals surface area contributed by atoms with Crippen molar-refractivity contribution in [2.45, 2.75) is 39.7 Å². The third-order valence-electron chi connectivity index (χ3n) is 5.46. The van der Waals surface area contributed by atoms with E-state index in [1.54, 1.807) is 0 Å². The number of fused-ring (bicyclic) bond motifs is 2. The summed E-state index contributed by atoms with van der Waals surface area (Å²) >= 11 is 0. The standard InChI is InChI=1S/C25H31N3O2/c1-18(2)7-8-19-9-10-21-22(11-14-28-23(21)15-19)27-13-4-12-26-16-20-5-3-6-24-25(20)30-17-29-24/h3,5-6,9-11,14-15,18,26H,4,7-8,12-13,16-17H2,1-2H3,(H,27,28). The molecule has 0 radical (unpaired) electrons. The van der Waals surface area contributed by atoms with Gasteiger partial charge in [0, 0.05) is 35.9 Å². The molecule has 4 rings (SSSR count). The number of aromatic nitrogens is 1. The van der Waals surface area contributed by atoms with Crippen LogP contribution in [-0.4, -0.2) is 24.9 Å². The second-order valence-corrected chi connectivity index (χ2v) is 8.25. The molecule has 5 nitrogen and oxygen atoms in total. The lowest BCUT2D eigenvalue weighted by atomic mass is 10.0. The average Bonchev–Trinajstić information content (AvgIpc) is 3.24. The Hall–Kier alpha value is -2.79. The molecule has 0 saturated heterocycles. The Bertz CT molecular complexity index is 987. The van der Waals surface area contributed by atoms with Crippen LogP contribution in [0.1, 0.15) is 37.8 Å². The van der Waals surface area contributed by atoms with Gasteiger partial charge in [0.15, 0.2) is 11.5 Å². The summed E-state index contributed by atoms with van der Waals surface area (Å²) in [5.74, 6) is 2.44. The van der Waals surface area contributed by atoms with E-state index in [0.29, 0.717) is 6.79 Å². The van der Waals surface area contributed by atoms with Crippen molar-refractivity contribution in [3.05, 3.63) is 59.8 Å². The minimum atomic E-state index is 0.315. The highest BCUT2D eigenvalue weighted by Gasteiger charge is 2.16. The van der Waals surface area contributed by atoms with Gasteiger partial charge in [0.1, 0.15) is 0 Å². The Morgan fingerprint density at radius 3 is 2.90 bits per heavy atom. The molecule has 0 saturated carbocycles. The molecular formula is C25H31N3O2. The van der Waals surface area contributed by atoms with Crippen LogP contribution in [0, 0.1) is 5.92 Å². The number of anilines is 1. The number of benzene rings is 2. The molecule has 0 aliphatic carbocycles. The summed E-state index contributed by atoms with van der Waals surface area (Å²) in [5, 5.41) is 8.26. The fraction of sp³-hybridized carbons (Fsp3) is 0.400. The number of nitrogens with zero attached hydrogens (tertiary/aromatic N) is 1. The van der Waals surface area contributed by atoms with Crippen LogP contribution in [0.3, 0.4) is 0 Å². The zero-order valence-corrected chi connectivity index (χ0v) is 17.9. The molecule has 5 heteroatoms. The van der Waals surface area contributed by atoms with E-state index in [4.69, 9.17) is 9.47 Å². The van der Waals surface area contributed by atoms with E-state index in [0.717, 1.165) is 66.7 Å². The fourth-order valence-electron chi connectivity index (χ4n) is 3.75. The highest BCUT2D eigenvalue weighted by molar-refractivity contribution is 5.91. The summed E-state index contributed by atoms with van der Waals surface area (Å²) in [4.78, 5) is 4.57. The Morgan fingerprint density at radius 1 is 1.07 bits per heavy atom. The molecule has 3 aromatic rings. The molecule has 0 spiro atoms. The van der Waals surface area contributed by atoms with Crippen molar-refractivity contribution >= 4 is 16.6 Å². The first kappa shape index (κ1) is 20.5. The van der Waals surface area contributed by atoms with Crippen molar-refractivity contribution in [3.63, 3.8) is 0 Å². The SMILES string of the molecule is CC(C)CCc1ccc2c(NCCCNCc3cccc4c3OCO4)ccnc2c1. The normalized spacial score (nSPS) is 12.6. The maximum atomic E-state index is 5.56. The summed E-state index contributed by atoms with van der Waals surface area (Å²) in [6.45, 7) is 7.47. The van der Waals surface area contributed by atoms with Crippen LogP contribution < -0.4 is 20.1 Å². The predicted molar refractivity (Wildman–Crippen MR) is 122 cm³/mol. The number of ether oxygens (including phenoxy) is 2. The Morgan fingerprint density at radius 2 is 2.00 bits per heavy atom. The molecule has 158 valence electrons. The van der Waals surface area contributed by atoms with Gasteiger partial charge in [-0.05, 0) is 55.5 Å². The second kappa shape index (κ2) is 9.81. The van der Waals surface area contributed by atoms with Gasteiger partial charge in [-0.3, -0.25) is 4.98 Å². The van der Waals surface area contributed by atoms with Crippen LogP contribution in [-0.2, 0) is 13.0 Å². The number of para-hydroxylation sites is 1. The smallest absolute Gasteiger partial charge is 0.231 e. The minimum Gasteiger partial charge on any atom is -0.454 e. The molecule has 0 amide bonds. The van der Waals surface area contributed by atoms with Gasteiger partial charge >= 0.3 is 0 Å². The van der Waals surface area contributed by atoms with E-state index < -0.39 is 0 Å². The van der Waals surface area contributed by atoms with Crippen LogP contribution in [0.2, 0.25) is 0 Å². The van der Waals surface area contributed by atoms with Crippen molar-refractivity contribution in [3.8, 4) is 11.5 Å². The summed E-state index contributed by atoms with van der Waals surface area (Å²) in [6, 6.07) is 14.8. The predicted octanol–water partition coefficient (Wildman–Crippen LogP) is 5.14. The van der Waals surface area contributed by atoms with Gasteiger partial charge in [-0.2, -0.15) is 0 Å². The van der Waals surface area contributed by atoms with Crippen LogP contribution in [0.15, 0.2) is 48.7 Å². The third kappa shape index (κ3) is 5.03. The molecule has 1 aromatic heterocycles. The van der Waals surface area contributed by atoms with Crippen molar-refractivity contribution in [1.29, 1.82) is 0 Å². The van der Waals surface area contributed by atoms with E-state index in [1.807, 2.05) is 18.3 Å². The van der Waals surface area contributed by atoms with Gasteiger partial charge in [-0.15, -0.1) is 0 Å². The molecule has 1 aliphatic rings. The highest BCUT2D eigenvalue weighted by atomic mass is 16.7. The van der Waals surface area contributed by atoms with Crippen molar-refractivity contribution < 1.29 is 9.47 Å². The van der Waals surface area contributed by atoms with Gasteiger partial charge in [-0.1, -0.05) is 38.1 Å². The molecular weight excluding hydrogens is 374 g/mol. The molecule has 1 aliphatic heterocycles. The van der Waals surface area contributed by atoms with Crippen molar-refractivity contribution in [2.75, 3.05) is 25.2 Å². The van der Waals surface area contributed by atoms with E-state index in [2.05, 4.69) is 59.8 Å². The van der Waals surface area contributed by atoms with Crippen LogP contribution in [0.25, 0.3) is 10.9 Å². The quantitative estimate of drug-likeness (QED) is 0.457. The molecule has 0 bridgehead atoms. The van der Waals surface area contributed by atoms with Gasteiger partial charge < -0.3 is 20.1 Å². The van der Waals surface area contributed by atoms with Crippen molar-refractivity contribution in [2.24, 2.45) is 5.92 Å². The molecule has 30 heavy (non-hydrogen) atoms. The average molecular weight is 406 g/mol. The van der Waals surface area contributed by atoms with E-state index >= 15 is 0 Å². The number of pyridine rings is 1. The summed E-state index contributed by atoms with van der Waals surface area (Å²) in [6.07, 6.45) is 5.25. The van der Waals surface area contributed by atoms with Gasteiger partial charge in [-0.25, -0.2) is 0 Å². The Kier molecular flexibility index (Phi) is 6.70.